The number of hydrogen-bond donors (Lipinski definition) is 2. The van der Waals surface area contributed by atoms with E-state index in [1.807, 2.05) is 11.8 Å². The van der Waals surface area contributed by atoms with Gasteiger partial charge in [-0.05, 0) is 31.6 Å². The lowest BCUT2D eigenvalue weighted by Crippen LogP contribution is -2.48. The number of fused-ring (bicyclic) bond motifs is 2. The van der Waals surface area contributed by atoms with Gasteiger partial charge >= 0.3 is 0 Å². The van der Waals surface area contributed by atoms with Crippen LogP contribution in [0.2, 0.25) is 0 Å². The van der Waals surface area contributed by atoms with E-state index in [1.54, 1.807) is 0 Å². The van der Waals surface area contributed by atoms with Crippen LogP contribution in [0.15, 0.2) is 0 Å². The first kappa shape index (κ1) is 11.5. The highest BCUT2D eigenvalue weighted by molar-refractivity contribution is 5.80. The third-order valence-corrected chi connectivity index (χ3v) is 4.79. The summed E-state index contributed by atoms with van der Waals surface area (Å²) in [7, 11) is 0. The zero-order valence-electron chi connectivity index (χ0n) is 10.4. The number of nitrogens with one attached hydrogen (secondary N) is 1. The summed E-state index contributed by atoms with van der Waals surface area (Å²) < 4.78 is 0. The second-order valence-corrected chi connectivity index (χ2v) is 6.01. The van der Waals surface area contributed by atoms with Gasteiger partial charge in [-0.25, -0.2) is 0 Å². The first-order valence-corrected chi connectivity index (χ1v) is 6.88. The smallest absolute Gasteiger partial charge is 0.227 e. The van der Waals surface area contributed by atoms with Crippen LogP contribution in [-0.2, 0) is 4.79 Å². The topological polar surface area (TPSA) is 52.6 Å². The van der Waals surface area contributed by atoms with Crippen molar-refractivity contribution in [3.8, 4) is 0 Å². The van der Waals surface area contributed by atoms with Crippen molar-refractivity contribution in [1.29, 1.82) is 0 Å². The van der Waals surface area contributed by atoms with Crippen molar-refractivity contribution in [3.63, 3.8) is 0 Å². The molecule has 5 atom stereocenters. The molecule has 4 nitrogen and oxygen atoms in total. The molecule has 17 heavy (non-hydrogen) atoms. The lowest BCUT2D eigenvalue weighted by molar-refractivity contribution is -0.139. The molecule has 3 rings (SSSR count). The second-order valence-electron chi connectivity index (χ2n) is 6.01. The van der Waals surface area contributed by atoms with E-state index in [1.165, 1.54) is 6.42 Å². The Balaban J connectivity index is 1.63. The molecule has 3 aliphatic rings. The Morgan fingerprint density at radius 1 is 1.35 bits per heavy atom. The van der Waals surface area contributed by atoms with E-state index in [-0.39, 0.29) is 17.9 Å². The number of piperidine rings is 1. The molecule has 0 aromatic heterocycles. The minimum Gasteiger partial charge on any atom is -0.393 e. The Morgan fingerprint density at radius 3 is 2.76 bits per heavy atom. The average Bonchev–Trinajstić information content (AvgIpc) is 2.93. The molecule has 0 aliphatic carbocycles. The fourth-order valence-electron chi connectivity index (χ4n) is 3.66. The van der Waals surface area contributed by atoms with Gasteiger partial charge in [0.05, 0.1) is 12.0 Å². The third kappa shape index (κ3) is 1.97. The van der Waals surface area contributed by atoms with Crippen LogP contribution >= 0.6 is 0 Å². The molecular weight excluding hydrogens is 216 g/mol. The molecule has 2 bridgehead atoms. The van der Waals surface area contributed by atoms with Crippen molar-refractivity contribution >= 4 is 5.91 Å². The Bertz CT molecular complexity index is 321. The van der Waals surface area contributed by atoms with Crippen LogP contribution in [0.5, 0.6) is 0 Å². The summed E-state index contributed by atoms with van der Waals surface area (Å²) in [5.41, 5.74) is 0. The maximum absolute atomic E-state index is 12.4. The quantitative estimate of drug-likeness (QED) is 0.693. The SMILES string of the molecule is CC1CN(C(=O)C2CC3CCC2N3)CCC1O. The van der Waals surface area contributed by atoms with E-state index in [0.717, 1.165) is 32.4 Å². The Labute approximate surface area is 102 Å². The molecule has 3 fully saturated rings. The molecule has 5 unspecified atom stereocenters. The Hall–Kier alpha value is -0.610. The van der Waals surface area contributed by atoms with Gasteiger partial charge in [0.25, 0.3) is 0 Å². The van der Waals surface area contributed by atoms with Crippen molar-refractivity contribution < 1.29 is 9.90 Å². The van der Waals surface area contributed by atoms with Gasteiger partial charge < -0.3 is 15.3 Å². The van der Waals surface area contributed by atoms with Crippen molar-refractivity contribution in [2.75, 3.05) is 13.1 Å². The number of likely N-dealkylation sites (tertiary alicyclic amines) is 1. The van der Waals surface area contributed by atoms with Crippen LogP contribution in [0.3, 0.4) is 0 Å². The highest BCUT2D eigenvalue weighted by Gasteiger charge is 2.44. The maximum atomic E-state index is 12.4. The third-order valence-electron chi connectivity index (χ3n) is 4.79. The molecule has 0 saturated carbocycles. The van der Waals surface area contributed by atoms with E-state index in [2.05, 4.69) is 5.32 Å². The van der Waals surface area contributed by atoms with Gasteiger partial charge in [0.2, 0.25) is 5.91 Å². The molecule has 0 spiro atoms. The summed E-state index contributed by atoms with van der Waals surface area (Å²) in [5, 5.41) is 13.2. The summed E-state index contributed by atoms with van der Waals surface area (Å²) in [6, 6.07) is 1.01. The number of aliphatic hydroxyl groups excluding tert-OH is 1. The molecule has 1 amide bonds. The zero-order valence-corrected chi connectivity index (χ0v) is 10.4. The first-order chi connectivity index (χ1) is 8.15. The van der Waals surface area contributed by atoms with E-state index >= 15 is 0 Å². The van der Waals surface area contributed by atoms with Crippen LogP contribution in [0.25, 0.3) is 0 Å². The summed E-state index contributed by atoms with van der Waals surface area (Å²) >= 11 is 0. The van der Waals surface area contributed by atoms with Crippen molar-refractivity contribution in [2.24, 2.45) is 11.8 Å². The number of amides is 1. The summed E-state index contributed by atoms with van der Waals surface area (Å²) in [6.07, 6.45) is 3.94. The minimum atomic E-state index is -0.225. The van der Waals surface area contributed by atoms with Gasteiger partial charge in [0.1, 0.15) is 0 Å². The van der Waals surface area contributed by atoms with Gasteiger partial charge in [-0.2, -0.15) is 0 Å². The van der Waals surface area contributed by atoms with E-state index in [4.69, 9.17) is 0 Å². The maximum Gasteiger partial charge on any atom is 0.227 e. The van der Waals surface area contributed by atoms with Crippen LogP contribution < -0.4 is 5.32 Å². The van der Waals surface area contributed by atoms with Crippen molar-refractivity contribution in [3.05, 3.63) is 0 Å². The number of aliphatic hydroxyl groups is 1. The number of hydrogen-bond acceptors (Lipinski definition) is 3. The van der Waals surface area contributed by atoms with Crippen molar-refractivity contribution in [2.45, 2.75) is 50.8 Å². The average molecular weight is 238 g/mol. The molecule has 3 aliphatic heterocycles. The fourth-order valence-corrected chi connectivity index (χ4v) is 3.66. The van der Waals surface area contributed by atoms with Crippen LogP contribution in [-0.4, -0.2) is 47.2 Å². The Morgan fingerprint density at radius 2 is 2.18 bits per heavy atom. The highest BCUT2D eigenvalue weighted by atomic mass is 16.3. The predicted molar refractivity (Wildman–Crippen MR) is 64.4 cm³/mol. The molecule has 0 aromatic carbocycles. The summed E-state index contributed by atoms with van der Waals surface area (Å²) in [6.45, 7) is 3.50. The molecule has 3 heterocycles. The number of carbonyl (C=O) groups is 1. The van der Waals surface area contributed by atoms with Crippen LogP contribution in [0, 0.1) is 11.8 Å². The zero-order chi connectivity index (χ0) is 12.0. The second kappa shape index (κ2) is 4.25. The number of rotatable bonds is 1. The van der Waals surface area contributed by atoms with Gasteiger partial charge in [-0.3, -0.25) is 4.79 Å². The van der Waals surface area contributed by atoms with Gasteiger partial charge in [0.15, 0.2) is 0 Å². The highest BCUT2D eigenvalue weighted by Crippen LogP contribution is 2.35. The summed E-state index contributed by atoms with van der Waals surface area (Å²) in [4.78, 5) is 14.4. The fraction of sp³-hybridized carbons (Fsp3) is 0.923. The molecule has 4 heteroatoms. The monoisotopic (exact) mass is 238 g/mol. The lowest BCUT2D eigenvalue weighted by Gasteiger charge is -2.37. The molecule has 0 radical (unpaired) electrons. The Kier molecular flexibility index (Phi) is 2.87. The normalized spacial score (nSPS) is 45.3. The lowest BCUT2D eigenvalue weighted by atomic mass is 9.87. The molecule has 2 N–H and O–H groups in total. The number of nitrogens with zero attached hydrogens (tertiary/aromatic N) is 1. The standard InChI is InChI=1S/C13H22N2O2/c1-8-7-15(5-4-12(8)16)13(17)10-6-9-2-3-11(10)14-9/h8-12,14,16H,2-7H2,1H3. The van der Waals surface area contributed by atoms with Gasteiger partial charge in [-0.15, -0.1) is 0 Å². The van der Waals surface area contributed by atoms with Gasteiger partial charge in [-0.1, -0.05) is 6.92 Å². The van der Waals surface area contributed by atoms with Crippen molar-refractivity contribution in [1.82, 2.24) is 10.2 Å². The minimum absolute atomic E-state index is 0.205. The summed E-state index contributed by atoms with van der Waals surface area (Å²) in [5.74, 6) is 0.749. The molecule has 0 aromatic rings. The van der Waals surface area contributed by atoms with E-state index in [9.17, 15) is 9.90 Å². The molecule has 3 saturated heterocycles. The van der Waals surface area contributed by atoms with Crippen LogP contribution in [0.4, 0.5) is 0 Å². The van der Waals surface area contributed by atoms with E-state index in [0.29, 0.717) is 18.0 Å². The van der Waals surface area contributed by atoms with E-state index < -0.39 is 0 Å². The first-order valence-electron chi connectivity index (χ1n) is 6.88. The largest absolute Gasteiger partial charge is 0.393 e. The molecule has 96 valence electrons. The van der Waals surface area contributed by atoms with Gasteiger partial charge in [0, 0.05) is 25.2 Å². The predicted octanol–water partition coefficient (Wildman–Crippen LogP) is 0.356. The number of carbonyl (C=O) groups excluding carboxylic acids is 1. The molecular formula is C13H22N2O2. The van der Waals surface area contributed by atoms with Crippen LogP contribution in [0.1, 0.15) is 32.6 Å².